The van der Waals surface area contributed by atoms with E-state index in [-0.39, 0.29) is 17.5 Å². The zero-order chi connectivity index (χ0) is 15.4. The van der Waals surface area contributed by atoms with Crippen molar-refractivity contribution in [1.82, 2.24) is 4.72 Å². The molecule has 0 aliphatic carbocycles. The lowest BCUT2D eigenvalue weighted by atomic mass is 10.0. The van der Waals surface area contributed by atoms with E-state index in [0.717, 1.165) is 0 Å². The predicted octanol–water partition coefficient (Wildman–Crippen LogP) is 1.95. The molecule has 0 fully saturated rings. The molecule has 114 valence electrons. The first-order valence-electron chi connectivity index (χ1n) is 6.68. The van der Waals surface area contributed by atoms with Gasteiger partial charge in [-0.15, -0.1) is 0 Å². The van der Waals surface area contributed by atoms with Crippen molar-refractivity contribution in [2.24, 2.45) is 0 Å². The Morgan fingerprint density at radius 2 is 1.85 bits per heavy atom. The summed E-state index contributed by atoms with van der Waals surface area (Å²) in [5.74, 6) is 0. The first-order valence-corrected chi connectivity index (χ1v) is 8.17. The van der Waals surface area contributed by atoms with Gasteiger partial charge in [-0.2, -0.15) is 0 Å². The number of anilines is 1. The smallest absolute Gasteiger partial charge is 0.242 e. The van der Waals surface area contributed by atoms with Gasteiger partial charge in [0.1, 0.15) is 4.90 Å². The molecule has 0 aliphatic rings. The van der Waals surface area contributed by atoms with E-state index in [2.05, 4.69) is 10.0 Å². The molecule has 0 bridgehead atoms. The van der Waals surface area contributed by atoms with Gasteiger partial charge in [-0.3, -0.25) is 0 Å². The summed E-state index contributed by atoms with van der Waals surface area (Å²) >= 11 is 0. The van der Waals surface area contributed by atoms with Crippen LogP contribution in [0.15, 0.2) is 29.2 Å². The topological polar surface area (TPSA) is 78.4 Å². The van der Waals surface area contributed by atoms with E-state index in [9.17, 15) is 8.42 Å². The maximum Gasteiger partial charge on any atom is 0.242 e. The molecular weight excluding hydrogens is 276 g/mol. The average Bonchev–Trinajstić information content (AvgIpc) is 2.26. The summed E-state index contributed by atoms with van der Waals surface area (Å²) in [5, 5.41) is 12.2. The van der Waals surface area contributed by atoms with Crippen molar-refractivity contribution in [3.05, 3.63) is 24.3 Å². The SMILES string of the molecule is CC(C)NS(=O)(=O)c1ccccc1NC(C)(C)CCO. The number of hydrogen-bond acceptors (Lipinski definition) is 4. The molecule has 5 nitrogen and oxygen atoms in total. The van der Waals surface area contributed by atoms with Crippen LogP contribution in [0, 0.1) is 0 Å². The summed E-state index contributed by atoms with van der Waals surface area (Å²) < 4.78 is 27.2. The van der Waals surface area contributed by atoms with E-state index in [1.165, 1.54) is 0 Å². The highest BCUT2D eigenvalue weighted by molar-refractivity contribution is 7.89. The van der Waals surface area contributed by atoms with Gasteiger partial charge in [-0.05, 0) is 46.2 Å². The van der Waals surface area contributed by atoms with Crippen LogP contribution >= 0.6 is 0 Å². The Labute approximate surface area is 121 Å². The number of aliphatic hydroxyl groups excluding tert-OH is 1. The van der Waals surface area contributed by atoms with Crippen LogP contribution in [0.2, 0.25) is 0 Å². The second-order valence-electron chi connectivity index (χ2n) is 5.75. The van der Waals surface area contributed by atoms with Crippen LogP contribution in [0.25, 0.3) is 0 Å². The fourth-order valence-electron chi connectivity index (χ4n) is 1.88. The van der Waals surface area contributed by atoms with Gasteiger partial charge in [0.05, 0.1) is 5.69 Å². The van der Waals surface area contributed by atoms with Crippen LogP contribution < -0.4 is 10.0 Å². The molecule has 0 atom stereocenters. The molecular formula is C14H24N2O3S. The fourth-order valence-corrected chi connectivity index (χ4v) is 3.30. The van der Waals surface area contributed by atoms with Crippen molar-refractivity contribution in [3.63, 3.8) is 0 Å². The van der Waals surface area contributed by atoms with Gasteiger partial charge in [0, 0.05) is 18.2 Å². The van der Waals surface area contributed by atoms with E-state index in [1.807, 2.05) is 13.8 Å². The number of rotatable bonds is 7. The van der Waals surface area contributed by atoms with Gasteiger partial charge >= 0.3 is 0 Å². The summed E-state index contributed by atoms with van der Waals surface area (Å²) in [5.41, 5.74) is 0.150. The molecule has 1 aromatic rings. The zero-order valence-electron chi connectivity index (χ0n) is 12.5. The van der Waals surface area contributed by atoms with Crippen LogP contribution in [0.5, 0.6) is 0 Å². The molecule has 3 N–H and O–H groups in total. The zero-order valence-corrected chi connectivity index (χ0v) is 13.3. The average molecular weight is 300 g/mol. The van der Waals surface area contributed by atoms with Gasteiger partial charge in [-0.25, -0.2) is 13.1 Å². The quantitative estimate of drug-likeness (QED) is 0.719. The maximum absolute atomic E-state index is 12.3. The third kappa shape index (κ3) is 4.77. The highest BCUT2D eigenvalue weighted by Gasteiger charge is 2.23. The summed E-state index contributed by atoms with van der Waals surface area (Å²) in [6.07, 6.45) is 0.527. The van der Waals surface area contributed by atoms with Crippen LogP contribution in [0.3, 0.4) is 0 Å². The molecule has 20 heavy (non-hydrogen) atoms. The predicted molar refractivity (Wildman–Crippen MR) is 81.3 cm³/mol. The number of aliphatic hydroxyl groups is 1. The van der Waals surface area contributed by atoms with E-state index in [1.54, 1.807) is 38.1 Å². The standard InChI is InChI=1S/C14H24N2O3S/c1-11(2)16-20(18,19)13-8-6-5-7-12(13)15-14(3,4)9-10-17/h5-8,11,15-17H,9-10H2,1-4H3. The maximum atomic E-state index is 12.3. The Hall–Kier alpha value is -1.11. The summed E-state index contributed by atoms with van der Waals surface area (Å²) in [6.45, 7) is 7.44. The lowest BCUT2D eigenvalue weighted by molar-refractivity contribution is 0.260. The number of nitrogens with one attached hydrogen (secondary N) is 2. The Morgan fingerprint density at radius 3 is 2.40 bits per heavy atom. The summed E-state index contributed by atoms with van der Waals surface area (Å²) in [6, 6.07) is 6.61. The molecule has 1 aromatic carbocycles. The lowest BCUT2D eigenvalue weighted by Crippen LogP contribution is -2.34. The van der Waals surface area contributed by atoms with Crippen LogP contribution in [-0.4, -0.2) is 31.7 Å². The van der Waals surface area contributed by atoms with Crippen LogP contribution in [0.4, 0.5) is 5.69 Å². The number of sulfonamides is 1. The summed E-state index contributed by atoms with van der Waals surface area (Å²) in [7, 11) is -3.55. The number of benzene rings is 1. The van der Waals surface area contributed by atoms with Crippen LogP contribution in [0.1, 0.15) is 34.1 Å². The Kier molecular flexibility index (Phi) is 5.56. The molecule has 1 rings (SSSR count). The lowest BCUT2D eigenvalue weighted by Gasteiger charge is -2.28. The normalized spacial score (nSPS) is 12.7. The number of hydrogen-bond donors (Lipinski definition) is 3. The van der Waals surface area contributed by atoms with Crippen molar-refractivity contribution in [2.45, 2.75) is 50.6 Å². The molecule has 0 saturated carbocycles. The molecule has 0 saturated heterocycles. The van der Waals surface area contributed by atoms with Gasteiger partial charge in [0.15, 0.2) is 0 Å². The van der Waals surface area contributed by atoms with E-state index in [4.69, 9.17) is 5.11 Å². The highest BCUT2D eigenvalue weighted by Crippen LogP contribution is 2.25. The van der Waals surface area contributed by atoms with Crippen molar-refractivity contribution in [2.75, 3.05) is 11.9 Å². The molecule has 0 radical (unpaired) electrons. The minimum atomic E-state index is -3.55. The van der Waals surface area contributed by atoms with Crippen molar-refractivity contribution in [3.8, 4) is 0 Å². The van der Waals surface area contributed by atoms with Gasteiger partial charge in [0.2, 0.25) is 10.0 Å². The minimum Gasteiger partial charge on any atom is -0.396 e. The molecule has 0 unspecified atom stereocenters. The van der Waals surface area contributed by atoms with Gasteiger partial charge in [-0.1, -0.05) is 12.1 Å². The van der Waals surface area contributed by atoms with Gasteiger partial charge in [0.25, 0.3) is 0 Å². The molecule has 0 amide bonds. The fraction of sp³-hybridized carbons (Fsp3) is 0.571. The molecule has 0 spiro atoms. The largest absolute Gasteiger partial charge is 0.396 e. The van der Waals surface area contributed by atoms with E-state index in [0.29, 0.717) is 12.1 Å². The monoisotopic (exact) mass is 300 g/mol. The molecule has 0 aliphatic heterocycles. The Balaban J connectivity index is 3.12. The third-order valence-corrected chi connectivity index (χ3v) is 4.49. The molecule has 6 heteroatoms. The van der Waals surface area contributed by atoms with Crippen molar-refractivity contribution < 1.29 is 13.5 Å². The number of para-hydroxylation sites is 1. The molecule has 0 aromatic heterocycles. The van der Waals surface area contributed by atoms with E-state index < -0.39 is 15.6 Å². The highest BCUT2D eigenvalue weighted by atomic mass is 32.2. The summed E-state index contributed by atoms with van der Waals surface area (Å²) in [4.78, 5) is 0.222. The first kappa shape index (κ1) is 16.9. The third-order valence-electron chi connectivity index (χ3n) is 2.78. The van der Waals surface area contributed by atoms with E-state index >= 15 is 0 Å². The Morgan fingerprint density at radius 1 is 1.25 bits per heavy atom. The second kappa shape index (κ2) is 6.56. The van der Waals surface area contributed by atoms with Gasteiger partial charge < -0.3 is 10.4 Å². The van der Waals surface area contributed by atoms with Crippen molar-refractivity contribution >= 4 is 15.7 Å². The second-order valence-corrected chi connectivity index (χ2v) is 7.44. The molecule has 0 heterocycles. The Bertz CT molecular complexity index is 539. The van der Waals surface area contributed by atoms with Crippen LogP contribution in [-0.2, 0) is 10.0 Å². The minimum absolute atomic E-state index is 0.0408. The first-order chi connectivity index (χ1) is 9.18. The van der Waals surface area contributed by atoms with Crippen molar-refractivity contribution in [1.29, 1.82) is 0 Å².